The smallest absolute Gasteiger partial charge is 0.269 e. The molecule has 0 aromatic carbocycles. The Labute approximate surface area is 109 Å². The Hall–Kier alpha value is -1.95. The number of rotatable bonds is 4. The summed E-state index contributed by atoms with van der Waals surface area (Å²) < 4.78 is 5.52. The quantitative estimate of drug-likeness (QED) is 0.846. The number of carbonyl (C=O) groups is 1. The maximum atomic E-state index is 12.1. The summed E-state index contributed by atoms with van der Waals surface area (Å²) >= 11 is 1.41. The lowest BCUT2D eigenvalue weighted by Gasteiger charge is -2.19. The number of thiazole rings is 1. The van der Waals surface area contributed by atoms with Crippen molar-refractivity contribution in [1.29, 1.82) is 0 Å². The minimum absolute atomic E-state index is 0.145. The Bertz CT molecular complexity index is 501. The summed E-state index contributed by atoms with van der Waals surface area (Å²) in [4.78, 5) is 21.6. The van der Waals surface area contributed by atoms with Crippen LogP contribution in [0.1, 0.15) is 6.92 Å². The van der Waals surface area contributed by atoms with Gasteiger partial charge in [-0.2, -0.15) is 0 Å². The van der Waals surface area contributed by atoms with Crippen molar-refractivity contribution in [3.8, 4) is 5.75 Å². The second-order valence-corrected chi connectivity index (χ2v) is 4.53. The molecular weight excluding hydrogens is 250 g/mol. The first kappa shape index (κ1) is 12.5. The van der Waals surface area contributed by atoms with Crippen molar-refractivity contribution in [2.24, 2.45) is 0 Å². The molecule has 2 aromatic heterocycles. The lowest BCUT2D eigenvalue weighted by Crippen LogP contribution is -2.37. The maximum absolute atomic E-state index is 12.1. The van der Waals surface area contributed by atoms with Gasteiger partial charge in [-0.05, 0) is 19.1 Å². The number of carbonyl (C=O) groups excluding carboxylic acids is 1. The number of ether oxygens (including phenoxy) is 1. The predicted octanol–water partition coefficient (Wildman–Crippen LogP) is 1.97. The zero-order valence-electron chi connectivity index (χ0n) is 10.1. The second-order valence-electron chi connectivity index (χ2n) is 3.66. The molecule has 0 saturated carbocycles. The lowest BCUT2D eigenvalue weighted by molar-refractivity contribution is -0.124. The van der Waals surface area contributed by atoms with Crippen LogP contribution >= 0.6 is 11.3 Å². The average molecular weight is 263 g/mol. The molecule has 0 fully saturated rings. The molecule has 1 unspecified atom stereocenters. The van der Waals surface area contributed by atoms with E-state index in [-0.39, 0.29) is 5.91 Å². The summed E-state index contributed by atoms with van der Waals surface area (Å²) in [6, 6.07) is 3.53. The van der Waals surface area contributed by atoms with E-state index in [2.05, 4.69) is 9.97 Å². The van der Waals surface area contributed by atoms with Gasteiger partial charge in [-0.15, -0.1) is 11.3 Å². The van der Waals surface area contributed by atoms with Gasteiger partial charge in [0.15, 0.2) is 11.2 Å². The standard InChI is InChI=1S/C12H13N3O2S/c1-9(17-10-4-3-5-13-8-10)11(16)15(2)12-14-6-7-18-12/h3-9H,1-2H3. The van der Waals surface area contributed by atoms with E-state index < -0.39 is 6.10 Å². The van der Waals surface area contributed by atoms with Crippen LogP contribution in [0.15, 0.2) is 36.1 Å². The van der Waals surface area contributed by atoms with Crippen molar-refractivity contribution in [3.63, 3.8) is 0 Å². The highest BCUT2D eigenvalue weighted by Gasteiger charge is 2.21. The van der Waals surface area contributed by atoms with Gasteiger partial charge in [0.05, 0.1) is 6.20 Å². The fourth-order valence-corrected chi connectivity index (χ4v) is 2.03. The number of aromatic nitrogens is 2. The minimum Gasteiger partial charge on any atom is -0.479 e. The number of amides is 1. The summed E-state index contributed by atoms with van der Waals surface area (Å²) in [6.07, 6.45) is 4.31. The molecule has 1 amide bonds. The first-order chi connectivity index (χ1) is 8.68. The summed E-state index contributed by atoms with van der Waals surface area (Å²) in [5.41, 5.74) is 0. The normalized spacial score (nSPS) is 11.9. The summed E-state index contributed by atoms with van der Waals surface area (Å²) in [7, 11) is 1.68. The molecule has 1 atom stereocenters. The zero-order valence-corrected chi connectivity index (χ0v) is 10.9. The second kappa shape index (κ2) is 5.59. The molecule has 18 heavy (non-hydrogen) atoms. The van der Waals surface area contributed by atoms with Crippen molar-refractivity contribution in [3.05, 3.63) is 36.1 Å². The Morgan fingerprint density at radius 2 is 2.33 bits per heavy atom. The van der Waals surface area contributed by atoms with Crippen LogP contribution in [0, 0.1) is 0 Å². The van der Waals surface area contributed by atoms with Crippen LogP contribution in [0.3, 0.4) is 0 Å². The van der Waals surface area contributed by atoms with E-state index in [1.54, 1.807) is 44.7 Å². The van der Waals surface area contributed by atoms with E-state index in [4.69, 9.17) is 4.74 Å². The third-order valence-corrected chi connectivity index (χ3v) is 3.18. The van der Waals surface area contributed by atoms with Gasteiger partial charge < -0.3 is 4.74 Å². The molecule has 5 nitrogen and oxygen atoms in total. The Kier molecular flexibility index (Phi) is 3.88. The Morgan fingerprint density at radius 3 is 2.94 bits per heavy atom. The van der Waals surface area contributed by atoms with E-state index in [0.717, 1.165) is 0 Å². The summed E-state index contributed by atoms with van der Waals surface area (Å²) in [5, 5.41) is 2.48. The van der Waals surface area contributed by atoms with Crippen molar-refractivity contribution in [1.82, 2.24) is 9.97 Å². The Balaban J connectivity index is 2.01. The van der Waals surface area contributed by atoms with E-state index in [1.807, 2.05) is 5.38 Å². The minimum atomic E-state index is -0.580. The molecule has 0 aliphatic carbocycles. The number of nitrogens with zero attached hydrogens (tertiary/aromatic N) is 3. The van der Waals surface area contributed by atoms with Gasteiger partial charge in [0.1, 0.15) is 5.75 Å². The average Bonchev–Trinajstić information content (AvgIpc) is 2.92. The van der Waals surface area contributed by atoms with Gasteiger partial charge >= 0.3 is 0 Å². The van der Waals surface area contributed by atoms with Gasteiger partial charge in [0.2, 0.25) is 0 Å². The van der Waals surface area contributed by atoms with E-state index in [9.17, 15) is 4.79 Å². The predicted molar refractivity (Wildman–Crippen MR) is 69.9 cm³/mol. The monoisotopic (exact) mass is 263 g/mol. The molecule has 0 spiro atoms. The van der Waals surface area contributed by atoms with E-state index >= 15 is 0 Å². The number of hydrogen-bond acceptors (Lipinski definition) is 5. The molecule has 0 saturated heterocycles. The van der Waals surface area contributed by atoms with Gasteiger partial charge in [-0.1, -0.05) is 0 Å². The van der Waals surface area contributed by atoms with E-state index in [1.165, 1.54) is 16.2 Å². The SMILES string of the molecule is CC(Oc1cccnc1)C(=O)N(C)c1nccs1. The van der Waals surface area contributed by atoms with Crippen molar-refractivity contribution >= 4 is 22.4 Å². The van der Waals surface area contributed by atoms with Gasteiger partial charge in [-0.3, -0.25) is 14.7 Å². The van der Waals surface area contributed by atoms with Gasteiger partial charge in [-0.25, -0.2) is 4.98 Å². The van der Waals surface area contributed by atoms with Crippen LogP contribution in [0.4, 0.5) is 5.13 Å². The summed E-state index contributed by atoms with van der Waals surface area (Å²) in [5.74, 6) is 0.430. The molecule has 2 rings (SSSR count). The molecule has 2 heterocycles. The third kappa shape index (κ3) is 2.84. The number of anilines is 1. The molecule has 2 aromatic rings. The van der Waals surface area contributed by atoms with Crippen LogP contribution in [-0.2, 0) is 4.79 Å². The summed E-state index contributed by atoms with van der Waals surface area (Å²) in [6.45, 7) is 1.71. The molecule has 94 valence electrons. The highest BCUT2D eigenvalue weighted by molar-refractivity contribution is 7.13. The molecule has 0 aliphatic heterocycles. The molecule has 0 aliphatic rings. The van der Waals surface area contributed by atoms with Gasteiger partial charge in [0.25, 0.3) is 5.91 Å². The first-order valence-corrected chi connectivity index (χ1v) is 6.30. The van der Waals surface area contributed by atoms with Crippen LogP contribution in [0.2, 0.25) is 0 Å². The van der Waals surface area contributed by atoms with Crippen molar-refractivity contribution < 1.29 is 9.53 Å². The van der Waals surface area contributed by atoms with Crippen LogP contribution < -0.4 is 9.64 Å². The third-order valence-electron chi connectivity index (χ3n) is 2.33. The highest BCUT2D eigenvalue weighted by Crippen LogP contribution is 2.17. The fraction of sp³-hybridized carbons (Fsp3) is 0.250. The van der Waals surface area contributed by atoms with Crippen LogP contribution in [0.5, 0.6) is 5.75 Å². The van der Waals surface area contributed by atoms with Gasteiger partial charge in [0, 0.05) is 24.8 Å². The molecule has 0 bridgehead atoms. The molecule has 0 radical (unpaired) electrons. The van der Waals surface area contributed by atoms with Crippen molar-refractivity contribution in [2.75, 3.05) is 11.9 Å². The number of likely N-dealkylation sites (N-methyl/N-ethyl adjacent to an activating group) is 1. The molecular formula is C12H13N3O2S. The largest absolute Gasteiger partial charge is 0.479 e. The first-order valence-electron chi connectivity index (χ1n) is 5.42. The Morgan fingerprint density at radius 1 is 1.50 bits per heavy atom. The molecule has 0 N–H and O–H groups in total. The number of hydrogen-bond donors (Lipinski definition) is 0. The van der Waals surface area contributed by atoms with Crippen LogP contribution in [0.25, 0.3) is 0 Å². The van der Waals surface area contributed by atoms with E-state index in [0.29, 0.717) is 10.9 Å². The highest BCUT2D eigenvalue weighted by atomic mass is 32.1. The number of pyridine rings is 1. The topological polar surface area (TPSA) is 55.3 Å². The van der Waals surface area contributed by atoms with Crippen LogP contribution in [-0.4, -0.2) is 29.0 Å². The lowest BCUT2D eigenvalue weighted by atomic mass is 10.3. The fourth-order valence-electron chi connectivity index (χ4n) is 1.42. The zero-order chi connectivity index (χ0) is 13.0. The maximum Gasteiger partial charge on any atom is 0.269 e. The van der Waals surface area contributed by atoms with Crippen molar-refractivity contribution in [2.45, 2.75) is 13.0 Å². The molecule has 6 heteroatoms.